The summed E-state index contributed by atoms with van der Waals surface area (Å²) in [6.45, 7) is 6.81. The first kappa shape index (κ1) is 17.4. The van der Waals surface area contributed by atoms with Crippen LogP contribution in [0.4, 0.5) is 0 Å². The summed E-state index contributed by atoms with van der Waals surface area (Å²) < 4.78 is 14.3. The summed E-state index contributed by atoms with van der Waals surface area (Å²) in [5.41, 5.74) is -0.973. The zero-order valence-corrected chi connectivity index (χ0v) is 12.1. The standard InChI is InChI=1S/C13H22O6/c1-6-18-10(14)9(11(15)19-7-2)8-13(3,4)12(16)17-5/h9H,6-8H2,1-5H3. The summed E-state index contributed by atoms with van der Waals surface area (Å²) >= 11 is 0. The van der Waals surface area contributed by atoms with Gasteiger partial charge in [-0.25, -0.2) is 0 Å². The van der Waals surface area contributed by atoms with E-state index >= 15 is 0 Å². The summed E-state index contributed by atoms with van der Waals surface area (Å²) in [5.74, 6) is -2.98. The van der Waals surface area contributed by atoms with Crippen LogP contribution in [0.1, 0.15) is 34.1 Å². The molecular formula is C13H22O6. The quantitative estimate of drug-likeness (QED) is 0.396. The Morgan fingerprint density at radius 1 is 1.00 bits per heavy atom. The fourth-order valence-corrected chi connectivity index (χ4v) is 1.62. The van der Waals surface area contributed by atoms with Crippen LogP contribution in [0.2, 0.25) is 0 Å². The van der Waals surface area contributed by atoms with E-state index in [-0.39, 0.29) is 19.6 Å². The highest BCUT2D eigenvalue weighted by Gasteiger charge is 2.39. The smallest absolute Gasteiger partial charge is 0.320 e. The topological polar surface area (TPSA) is 78.9 Å². The van der Waals surface area contributed by atoms with Gasteiger partial charge < -0.3 is 14.2 Å². The van der Waals surface area contributed by atoms with Gasteiger partial charge in [-0.15, -0.1) is 0 Å². The van der Waals surface area contributed by atoms with Crippen molar-refractivity contribution in [3.8, 4) is 0 Å². The van der Waals surface area contributed by atoms with E-state index in [2.05, 4.69) is 4.74 Å². The number of carbonyl (C=O) groups is 3. The summed E-state index contributed by atoms with van der Waals surface area (Å²) in [6, 6.07) is 0. The minimum Gasteiger partial charge on any atom is -0.469 e. The molecule has 0 radical (unpaired) electrons. The van der Waals surface area contributed by atoms with E-state index in [1.807, 2.05) is 0 Å². The molecule has 0 aliphatic carbocycles. The molecule has 0 N–H and O–H groups in total. The first-order valence-corrected chi connectivity index (χ1v) is 6.21. The van der Waals surface area contributed by atoms with Crippen LogP contribution in [0.25, 0.3) is 0 Å². The monoisotopic (exact) mass is 274 g/mol. The Balaban J connectivity index is 4.99. The maximum atomic E-state index is 11.8. The Bertz CT molecular complexity index is 316. The predicted octanol–water partition coefficient (Wildman–Crippen LogP) is 1.32. The molecular weight excluding hydrogens is 252 g/mol. The van der Waals surface area contributed by atoms with Crippen molar-refractivity contribution in [2.75, 3.05) is 20.3 Å². The van der Waals surface area contributed by atoms with Gasteiger partial charge in [0.2, 0.25) is 0 Å². The van der Waals surface area contributed by atoms with Gasteiger partial charge in [-0.3, -0.25) is 14.4 Å². The number of carbonyl (C=O) groups excluding carboxylic acids is 3. The number of esters is 3. The average molecular weight is 274 g/mol. The van der Waals surface area contributed by atoms with Crippen molar-refractivity contribution in [1.29, 1.82) is 0 Å². The van der Waals surface area contributed by atoms with Crippen LogP contribution in [0, 0.1) is 11.3 Å². The molecule has 0 aliphatic heterocycles. The van der Waals surface area contributed by atoms with Crippen LogP contribution in [-0.2, 0) is 28.6 Å². The molecule has 0 aliphatic rings. The fourth-order valence-electron chi connectivity index (χ4n) is 1.62. The lowest BCUT2D eigenvalue weighted by molar-refractivity contribution is -0.165. The average Bonchev–Trinajstić information content (AvgIpc) is 2.35. The van der Waals surface area contributed by atoms with Crippen LogP contribution >= 0.6 is 0 Å². The SMILES string of the molecule is CCOC(=O)C(CC(C)(C)C(=O)OC)C(=O)OCC. The zero-order valence-electron chi connectivity index (χ0n) is 12.1. The Morgan fingerprint density at radius 2 is 1.42 bits per heavy atom. The maximum absolute atomic E-state index is 11.8. The molecule has 0 aromatic carbocycles. The minimum absolute atomic E-state index is 0.0165. The predicted molar refractivity (Wildman–Crippen MR) is 67.2 cm³/mol. The van der Waals surface area contributed by atoms with Gasteiger partial charge in [-0.2, -0.15) is 0 Å². The third kappa shape index (κ3) is 5.28. The summed E-state index contributed by atoms with van der Waals surface area (Å²) in [5, 5.41) is 0. The van der Waals surface area contributed by atoms with Crippen LogP contribution in [-0.4, -0.2) is 38.2 Å². The van der Waals surface area contributed by atoms with Crippen molar-refractivity contribution < 1.29 is 28.6 Å². The van der Waals surface area contributed by atoms with Gasteiger partial charge in [0.25, 0.3) is 0 Å². The number of methoxy groups -OCH3 is 1. The molecule has 110 valence electrons. The highest BCUT2D eigenvalue weighted by Crippen LogP contribution is 2.28. The van der Waals surface area contributed by atoms with Gasteiger partial charge in [0.15, 0.2) is 5.92 Å². The molecule has 0 saturated heterocycles. The van der Waals surface area contributed by atoms with Crippen LogP contribution in [0.5, 0.6) is 0 Å². The first-order chi connectivity index (χ1) is 8.80. The second-order valence-corrected chi connectivity index (χ2v) is 4.64. The molecule has 19 heavy (non-hydrogen) atoms. The lowest BCUT2D eigenvalue weighted by atomic mass is 9.82. The summed E-state index contributed by atoms with van der Waals surface area (Å²) in [4.78, 5) is 35.1. The van der Waals surface area contributed by atoms with E-state index in [4.69, 9.17) is 9.47 Å². The Labute approximate surface area is 113 Å². The molecule has 0 rings (SSSR count). The second-order valence-electron chi connectivity index (χ2n) is 4.64. The van der Waals surface area contributed by atoms with Gasteiger partial charge in [0.1, 0.15) is 0 Å². The Kier molecular flexibility index (Phi) is 7.11. The molecule has 0 spiro atoms. The highest BCUT2D eigenvalue weighted by atomic mass is 16.6. The van der Waals surface area contributed by atoms with E-state index in [9.17, 15) is 14.4 Å². The van der Waals surface area contributed by atoms with Crippen LogP contribution in [0.3, 0.4) is 0 Å². The van der Waals surface area contributed by atoms with E-state index in [0.29, 0.717) is 0 Å². The number of rotatable bonds is 7. The fraction of sp³-hybridized carbons (Fsp3) is 0.769. The largest absolute Gasteiger partial charge is 0.469 e. The minimum atomic E-state index is -1.12. The molecule has 0 aromatic heterocycles. The van der Waals surface area contributed by atoms with Crippen LogP contribution < -0.4 is 0 Å². The summed E-state index contributed by atoms with van der Waals surface area (Å²) in [7, 11) is 1.26. The third-order valence-electron chi connectivity index (χ3n) is 2.59. The molecule has 6 heteroatoms. The van der Waals surface area contributed by atoms with Gasteiger partial charge in [-0.05, 0) is 34.1 Å². The second kappa shape index (κ2) is 7.76. The molecule has 0 amide bonds. The van der Waals surface area contributed by atoms with Gasteiger partial charge in [-0.1, -0.05) is 0 Å². The van der Waals surface area contributed by atoms with Crippen molar-refractivity contribution in [1.82, 2.24) is 0 Å². The molecule has 0 saturated carbocycles. The number of hydrogen-bond acceptors (Lipinski definition) is 6. The molecule has 6 nitrogen and oxygen atoms in total. The lowest BCUT2D eigenvalue weighted by Gasteiger charge is -2.25. The van der Waals surface area contributed by atoms with Crippen molar-refractivity contribution in [3.63, 3.8) is 0 Å². The Hall–Kier alpha value is -1.59. The van der Waals surface area contributed by atoms with Crippen LogP contribution in [0.15, 0.2) is 0 Å². The highest BCUT2D eigenvalue weighted by molar-refractivity contribution is 5.95. The molecule has 0 bridgehead atoms. The number of ether oxygens (including phenoxy) is 3. The first-order valence-electron chi connectivity index (χ1n) is 6.21. The molecule has 0 aromatic rings. The lowest BCUT2D eigenvalue weighted by Crippen LogP contribution is -2.36. The van der Waals surface area contributed by atoms with Crippen molar-refractivity contribution in [2.24, 2.45) is 11.3 Å². The third-order valence-corrected chi connectivity index (χ3v) is 2.59. The molecule has 0 unspecified atom stereocenters. The van der Waals surface area contributed by atoms with Crippen molar-refractivity contribution >= 4 is 17.9 Å². The van der Waals surface area contributed by atoms with Gasteiger partial charge in [0.05, 0.1) is 25.7 Å². The van der Waals surface area contributed by atoms with E-state index in [1.54, 1.807) is 27.7 Å². The van der Waals surface area contributed by atoms with E-state index < -0.39 is 29.2 Å². The zero-order chi connectivity index (χ0) is 15.1. The van der Waals surface area contributed by atoms with E-state index in [0.717, 1.165) is 0 Å². The molecule has 0 fully saturated rings. The van der Waals surface area contributed by atoms with E-state index in [1.165, 1.54) is 7.11 Å². The normalized spacial score (nSPS) is 11.1. The van der Waals surface area contributed by atoms with Gasteiger partial charge in [0, 0.05) is 0 Å². The van der Waals surface area contributed by atoms with Crippen molar-refractivity contribution in [3.05, 3.63) is 0 Å². The maximum Gasteiger partial charge on any atom is 0.320 e. The summed E-state index contributed by atoms with van der Waals surface area (Å²) in [6.07, 6.45) is -0.0165. The molecule has 0 heterocycles. The van der Waals surface area contributed by atoms with Gasteiger partial charge >= 0.3 is 17.9 Å². The Morgan fingerprint density at radius 3 is 1.74 bits per heavy atom. The van der Waals surface area contributed by atoms with Crippen molar-refractivity contribution in [2.45, 2.75) is 34.1 Å². The number of hydrogen-bond donors (Lipinski definition) is 0. The molecule has 0 atom stereocenters.